The lowest BCUT2D eigenvalue weighted by molar-refractivity contribution is -0.0505. The van der Waals surface area contributed by atoms with Crippen LogP contribution in [0.15, 0.2) is 72.8 Å². The van der Waals surface area contributed by atoms with Crippen molar-refractivity contribution < 1.29 is 51.5 Å². The fraction of sp³-hybridized carbons (Fsp3) is 0.0909. The summed E-state index contributed by atoms with van der Waals surface area (Å²) in [5, 5.41) is 0.777. The van der Waals surface area contributed by atoms with Gasteiger partial charge in [0.2, 0.25) is 0 Å². The zero-order chi connectivity index (χ0) is 26.5. The van der Waals surface area contributed by atoms with Gasteiger partial charge in [-0.2, -0.15) is 43.2 Å². The van der Waals surface area contributed by atoms with E-state index >= 15 is 0 Å². The molecule has 190 valence electrons. The highest BCUT2D eigenvalue weighted by molar-refractivity contribution is 7.88. The van der Waals surface area contributed by atoms with Crippen LogP contribution in [0.3, 0.4) is 0 Å². The molecule has 0 saturated carbocycles. The van der Waals surface area contributed by atoms with Crippen molar-refractivity contribution in [1.29, 1.82) is 0 Å². The number of alkyl halides is 6. The van der Waals surface area contributed by atoms with Crippen LogP contribution < -0.4 is 8.37 Å². The molecule has 4 aromatic rings. The van der Waals surface area contributed by atoms with Crippen molar-refractivity contribution >= 4 is 41.8 Å². The molecule has 0 aliphatic heterocycles. The van der Waals surface area contributed by atoms with Crippen molar-refractivity contribution in [2.45, 2.75) is 11.0 Å². The van der Waals surface area contributed by atoms with E-state index < -0.39 is 53.9 Å². The molecular weight excluding hydrogens is 538 g/mol. The minimum Gasteiger partial charge on any atom is -0.375 e. The van der Waals surface area contributed by atoms with Crippen LogP contribution in [0.25, 0.3) is 32.7 Å². The Bertz CT molecular complexity index is 1570. The average molecular weight is 550 g/mol. The molecule has 0 heterocycles. The highest BCUT2D eigenvalue weighted by atomic mass is 32.2. The van der Waals surface area contributed by atoms with Gasteiger partial charge >= 0.3 is 31.3 Å². The fourth-order valence-corrected chi connectivity index (χ4v) is 4.43. The summed E-state index contributed by atoms with van der Waals surface area (Å²) in [6.45, 7) is 0. The fourth-order valence-electron chi connectivity index (χ4n) is 3.49. The Kier molecular flexibility index (Phi) is 6.07. The Labute approximate surface area is 199 Å². The standard InChI is InChI=1S/C22H12F6O6S2/c23-21(24,25)35(29,30)33-17-11-9-13-5-1-3-7-15(13)19(17)20-16-8-4-2-6-14(16)10-12-18(20)34-36(31,32)22(26,27)28/h1-12H. The molecule has 0 aliphatic rings. The number of rotatable bonds is 5. The monoisotopic (exact) mass is 550 g/mol. The van der Waals surface area contributed by atoms with Crippen LogP contribution in [0.2, 0.25) is 0 Å². The summed E-state index contributed by atoms with van der Waals surface area (Å²) in [7, 11) is -12.4. The quantitative estimate of drug-likeness (QED) is 0.169. The number of hydrogen-bond donors (Lipinski definition) is 0. The van der Waals surface area contributed by atoms with Crippen LogP contribution in [0.1, 0.15) is 0 Å². The molecule has 0 unspecified atom stereocenters. The van der Waals surface area contributed by atoms with Gasteiger partial charge in [0.05, 0.1) is 0 Å². The molecule has 0 spiro atoms. The molecule has 0 N–H and O–H groups in total. The maximum Gasteiger partial charge on any atom is 0.534 e. The second-order valence-corrected chi connectivity index (χ2v) is 10.4. The Hall–Kier alpha value is -3.52. The summed E-state index contributed by atoms with van der Waals surface area (Å²) < 4.78 is 135. The predicted molar refractivity (Wildman–Crippen MR) is 118 cm³/mol. The van der Waals surface area contributed by atoms with Crippen LogP contribution in [0.5, 0.6) is 11.5 Å². The molecule has 6 nitrogen and oxygen atoms in total. The molecule has 0 atom stereocenters. The summed E-state index contributed by atoms with van der Waals surface area (Å²) in [5.41, 5.74) is -12.5. The molecule has 0 bridgehead atoms. The van der Waals surface area contributed by atoms with Gasteiger partial charge in [0, 0.05) is 11.1 Å². The average Bonchev–Trinajstić information content (AvgIpc) is 2.77. The lowest BCUT2D eigenvalue weighted by Gasteiger charge is -2.19. The van der Waals surface area contributed by atoms with Gasteiger partial charge in [-0.05, 0) is 33.7 Å². The van der Waals surface area contributed by atoms with E-state index in [9.17, 15) is 43.2 Å². The minimum absolute atomic E-state index is 0.0537. The molecule has 0 aliphatic carbocycles. The zero-order valence-corrected chi connectivity index (χ0v) is 19.1. The van der Waals surface area contributed by atoms with Gasteiger partial charge in [-0.3, -0.25) is 0 Å². The van der Waals surface area contributed by atoms with Gasteiger partial charge in [-0.25, -0.2) is 0 Å². The summed E-state index contributed by atoms with van der Waals surface area (Å²) in [5.74, 6) is -1.81. The summed E-state index contributed by atoms with van der Waals surface area (Å²) in [6.07, 6.45) is 0. The molecular formula is C22H12F6O6S2. The Morgan fingerprint density at radius 2 is 0.833 bits per heavy atom. The third-order valence-electron chi connectivity index (χ3n) is 5.00. The number of hydrogen-bond acceptors (Lipinski definition) is 6. The summed E-state index contributed by atoms with van der Waals surface area (Å²) in [6, 6.07) is 15.9. The third kappa shape index (κ3) is 4.53. The van der Waals surface area contributed by atoms with Gasteiger partial charge in [-0.15, -0.1) is 0 Å². The lowest BCUT2D eigenvalue weighted by Crippen LogP contribution is -2.28. The molecule has 0 saturated heterocycles. The Morgan fingerprint density at radius 3 is 1.17 bits per heavy atom. The van der Waals surface area contributed by atoms with Crippen LogP contribution in [-0.2, 0) is 20.2 Å². The van der Waals surface area contributed by atoms with E-state index in [2.05, 4.69) is 8.37 Å². The molecule has 36 heavy (non-hydrogen) atoms. The van der Waals surface area contributed by atoms with Gasteiger partial charge in [0.25, 0.3) is 0 Å². The molecule has 0 radical (unpaired) electrons. The highest BCUT2D eigenvalue weighted by Crippen LogP contribution is 2.47. The maximum atomic E-state index is 13.1. The van der Waals surface area contributed by atoms with E-state index in [1.165, 1.54) is 48.5 Å². The SMILES string of the molecule is O=S(=O)(Oc1ccc2ccccc2c1-c1c(OS(=O)(=O)C(F)(F)F)ccc2ccccc12)C(F)(F)F. The van der Waals surface area contributed by atoms with Crippen molar-refractivity contribution in [3.63, 3.8) is 0 Å². The summed E-state index contributed by atoms with van der Waals surface area (Å²) >= 11 is 0. The van der Waals surface area contributed by atoms with E-state index in [1.807, 2.05) is 0 Å². The van der Waals surface area contributed by atoms with E-state index in [4.69, 9.17) is 0 Å². The number of halogens is 6. The van der Waals surface area contributed by atoms with Crippen molar-refractivity contribution in [2.75, 3.05) is 0 Å². The largest absolute Gasteiger partial charge is 0.534 e. The second-order valence-electron chi connectivity index (χ2n) is 7.29. The first-order valence-electron chi connectivity index (χ1n) is 9.68. The first-order chi connectivity index (χ1) is 16.6. The smallest absolute Gasteiger partial charge is 0.375 e. The van der Waals surface area contributed by atoms with Crippen LogP contribution >= 0.6 is 0 Å². The Balaban J connectivity index is 2.13. The topological polar surface area (TPSA) is 86.7 Å². The van der Waals surface area contributed by atoms with Gasteiger partial charge in [0.1, 0.15) is 0 Å². The lowest BCUT2D eigenvalue weighted by atomic mass is 9.92. The number of benzene rings is 4. The molecule has 4 rings (SSSR count). The van der Waals surface area contributed by atoms with E-state index in [-0.39, 0.29) is 10.8 Å². The van der Waals surface area contributed by atoms with Crippen LogP contribution in [0, 0.1) is 0 Å². The van der Waals surface area contributed by atoms with E-state index in [0.717, 1.165) is 12.1 Å². The molecule has 0 amide bonds. The Morgan fingerprint density at radius 1 is 0.500 bits per heavy atom. The van der Waals surface area contributed by atoms with Crippen molar-refractivity contribution in [3.05, 3.63) is 72.8 Å². The number of fused-ring (bicyclic) bond motifs is 2. The van der Waals surface area contributed by atoms with Crippen molar-refractivity contribution in [1.82, 2.24) is 0 Å². The van der Waals surface area contributed by atoms with Crippen LogP contribution in [-0.4, -0.2) is 27.9 Å². The molecule has 0 fully saturated rings. The van der Waals surface area contributed by atoms with E-state index in [0.29, 0.717) is 10.8 Å². The minimum atomic E-state index is -6.21. The third-order valence-corrected chi connectivity index (χ3v) is 6.93. The predicted octanol–water partition coefficient (Wildman–Crippen LogP) is 6.12. The van der Waals surface area contributed by atoms with Gasteiger partial charge in [-0.1, -0.05) is 60.7 Å². The summed E-state index contributed by atoms with van der Waals surface area (Å²) in [4.78, 5) is 0. The highest BCUT2D eigenvalue weighted by Gasteiger charge is 2.50. The van der Waals surface area contributed by atoms with Crippen molar-refractivity contribution in [2.24, 2.45) is 0 Å². The maximum absolute atomic E-state index is 13.1. The molecule has 14 heteroatoms. The van der Waals surface area contributed by atoms with Gasteiger partial charge in [0.15, 0.2) is 11.5 Å². The first-order valence-corrected chi connectivity index (χ1v) is 12.5. The second kappa shape index (κ2) is 8.55. The van der Waals surface area contributed by atoms with E-state index in [1.54, 1.807) is 12.1 Å². The van der Waals surface area contributed by atoms with Crippen molar-refractivity contribution in [3.8, 4) is 22.6 Å². The molecule has 4 aromatic carbocycles. The first kappa shape index (κ1) is 25.6. The van der Waals surface area contributed by atoms with Crippen LogP contribution in [0.4, 0.5) is 26.3 Å². The normalized spacial score (nSPS) is 13.2. The van der Waals surface area contributed by atoms with Gasteiger partial charge < -0.3 is 8.37 Å². The molecule has 0 aromatic heterocycles. The zero-order valence-electron chi connectivity index (χ0n) is 17.5.